The molecule has 16 heavy (non-hydrogen) atoms. The predicted octanol–water partition coefficient (Wildman–Crippen LogP) is 1.71. The van der Waals surface area contributed by atoms with Gasteiger partial charge in [0.05, 0.1) is 7.11 Å². The molecule has 84 valence electrons. The van der Waals surface area contributed by atoms with E-state index in [1.165, 1.54) is 7.11 Å². The van der Waals surface area contributed by atoms with Crippen LogP contribution in [0.3, 0.4) is 0 Å². The summed E-state index contributed by atoms with van der Waals surface area (Å²) >= 11 is 0. The van der Waals surface area contributed by atoms with E-state index in [1.807, 2.05) is 30.3 Å². The normalized spacial score (nSPS) is 31.9. The molecule has 1 aromatic carbocycles. The Morgan fingerprint density at radius 2 is 2.00 bits per heavy atom. The SMILES string of the molecule is COC(=O)[C@@]1(c2ccccc2)C[C@]1(C)C=O. The van der Waals surface area contributed by atoms with E-state index in [2.05, 4.69) is 0 Å². The van der Waals surface area contributed by atoms with Gasteiger partial charge in [-0.05, 0) is 12.0 Å². The summed E-state index contributed by atoms with van der Waals surface area (Å²) in [5.74, 6) is -0.326. The number of hydrogen-bond acceptors (Lipinski definition) is 3. The van der Waals surface area contributed by atoms with Crippen molar-refractivity contribution in [3.8, 4) is 0 Å². The number of carbonyl (C=O) groups is 2. The van der Waals surface area contributed by atoms with E-state index in [9.17, 15) is 9.59 Å². The van der Waals surface area contributed by atoms with Crippen molar-refractivity contribution < 1.29 is 14.3 Å². The predicted molar refractivity (Wildman–Crippen MR) is 58.9 cm³/mol. The molecule has 1 saturated carbocycles. The lowest BCUT2D eigenvalue weighted by Crippen LogP contribution is -2.29. The summed E-state index contributed by atoms with van der Waals surface area (Å²) in [5, 5.41) is 0. The van der Waals surface area contributed by atoms with Crippen LogP contribution in [0.1, 0.15) is 18.9 Å². The third-order valence-electron chi connectivity index (χ3n) is 3.54. The third kappa shape index (κ3) is 1.21. The van der Waals surface area contributed by atoms with Gasteiger partial charge in [-0.15, -0.1) is 0 Å². The molecule has 0 spiro atoms. The van der Waals surface area contributed by atoms with Gasteiger partial charge in [0.15, 0.2) is 0 Å². The molecule has 1 aliphatic carbocycles. The lowest BCUT2D eigenvalue weighted by molar-refractivity contribution is -0.145. The van der Waals surface area contributed by atoms with Crippen molar-refractivity contribution in [2.75, 3.05) is 7.11 Å². The Morgan fingerprint density at radius 1 is 1.38 bits per heavy atom. The second-order valence-electron chi connectivity index (χ2n) is 4.48. The van der Waals surface area contributed by atoms with Crippen molar-refractivity contribution in [2.45, 2.75) is 18.8 Å². The van der Waals surface area contributed by atoms with Crippen LogP contribution in [0.5, 0.6) is 0 Å². The average Bonchev–Trinajstić information content (AvgIpc) is 2.98. The highest BCUT2D eigenvalue weighted by molar-refractivity contribution is 5.95. The maximum Gasteiger partial charge on any atom is 0.317 e. The largest absolute Gasteiger partial charge is 0.468 e. The first kappa shape index (κ1) is 10.9. The molecule has 1 aromatic rings. The van der Waals surface area contributed by atoms with Gasteiger partial charge in [-0.2, -0.15) is 0 Å². The van der Waals surface area contributed by atoms with Gasteiger partial charge in [-0.1, -0.05) is 37.3 Å². The Labute approximate surface area is 94.4 Å². The molecule has 0 N–H and O–H groups in total. The molecule has 0 heterocycles. The fourth-order valence-electron chi connectivity index (χ4n) is 2.40. The second kappa shape index (κ2) is 3.44. The van der Waals surface area contributed by atoms with E-state index in [4.69, 9.17) is 4.74 Å². The summed E-state index contributed by atoms with van der Waals surface area (Å²) in [6.07, 6.45) is 1.39. The van der Waals surface area contributed by atoms with Gasteiger partial charge >= 0.3 is 5.97 Å². The van der Waals surface area contributed by atoms with E-state index >= 15 is 0 Å². The molecule has 3 heteroatoms. The van der Waals surface area contributed by atoms with Crippen LogP contribution < -0.4 is 0 Å². The summed E-state index contributed by atoms with van der Waals surface area (Å²) in [6, 6.07) is 9.35. The molecule has 3 nitrogen and oxygen atoms in total. The van der Waals surface area contributed by atoms with Crippen molar-refractivity contribution in [1.29, 1.82) is 0 Å². The van der Waals surface area contributed by atoms with Crippen LogP contribution in [0.4, 0.5) is 0 Å². The molecule has 0 radical (unpaired) electrons. The van der Waals surface area contributed by atoms with Crippen LogP contribution in [0, 0.1) is 5.41 Å². The van der Waals surface area contributed by atoms with E-state index in [0.717, 1.165) is 11.8 Å². The van der Waals surface area contributed by atoms with Crippen LogP contribution in [0.25, 0.3) is 0 Å². The molecule has 0 bridgehead atoms. The quantitative estimate of drug-likeness (QED) is 0.573. The van der Waals surface area contributed by atoms with Crippen LogP contribution in [0.15, 0.2) is 30.3 Å². The summed E-state index contributed by atoms with van der Waals surface area (Å²) in [4.78, 5) is 23.0. The molecule has 0 saturated heterocycles. The Kier molecular flexibility index (Phi) is 2.34. The molecule has 0 aromatic heterocycles. The van der Waals surface area contributed by atoms with Gasteiger partial charge < -0.3 is 9.53 Å². The standard InChI is InChI=1S/C13H14O3/c1-12(9-14)8-13(12,11(15)16-2)10-6-4-3-5-7-10/h3-7,9H,8H2,1-2H3/t12-,13+/m1/s1. The molecule has 1 aliphatic rings. The Hall–Kier alpha value is -1.64. The average molecular weight is 218 g/mol. The van der Waals surface area contributed by atoms with E-state index < -0.39 is 10.8 Å². The smallest absolute Gasteiger partial charge is 0.317 e. The topological polar surface area (TPSA) is 43.4 Å². The van der Waals surface area contributed by atoms with Crippen molar-refractivity contribution in [3.05, 3.63) is 35.9 Å². The Balaban J connectivity index is 2.48. The highest BCUT2D eigenvalue weighted by atomic mass is 16.5. The molecular weight excluding hydrogens is 204 g/mol. The molecule has 1 fully saturated rings. The number of ether oxygens (including phenoxy) is 1. The highest BCUT2D eigenvalue weighted by Crippen LogP contribution is 2.63. The molecular formula is C13H14O3. The monoisotopic (exact) mass is 218 g/mol. The van der Waals surface area contributed by atoms with Gasteiger partial charge in [0.25, 0.3) is 0 Å². The maximum atomic E-state index is 11.9. The van der Waals surface area contributed by atoms with Crippen molar-refractivity contribution >= 4 is 12.3 Å². The minimum Gasteiger partial charge on any atom is -0.468 e. The number of aldehydes is 1. The number of esters is 1. The summed E-state index contributed by atoms with van der Waals surface area (Å²) in [7, 11) is 1.36. The zero-order valence-corrected chi connectivity index (χ0v) is 9.40. The molecule has 0 aliphatic heterocycles. The first-order valence-electron chi connectivity index (χ1n) is 5.21. The molecule has 0 unspecified atom stereocenters. The van der Waals surface area contributed by atoms with Crippen molar-refractivity contribution in [3.63, 3.8) is 0 Å². The van der Waals surface area contributed by atoms with Crippen molar-refractivity contribution in [2.24, 2.45) is 5.41 Å². The van der Waals surface area contributed by atoms with Crippen LogP contribution in [-0.2, 0) is 19.7 Å². The zero-order chi connectivity index (χ0) is 11.8. The zero-order valence-electron chi connectivity index (χ0n) is 9.40. The molecule has 2 rings (SSSR count). The fraction of sp³-hybridized carbons (Fsp3) is 0.385. The summed E-state index contributed by atoms with van der Waals surface area (Å²) in [5.41, 5.74) is -0.539. The number of rotatable bonds is 3. The van der Waals surface area contributed by atoms with Crippen molar-refractivity contribution in [1.82, 2.24) is 0 Å². The Morgan fingerprint density at radius 3 is 2.44 bits per heavy atom. The van der Waals surface area contributed by atoms with Crippen LogP contribution >= 0.6 is 0 Å². The van der Waals surface area contributed by atoms with Crippen LogP contribution in [-0.4, -0.2) is 19.4 Å². The van der Waals surface area contributed by atoms with Gasteiger partial charge in [0, 0.05) is 5.41 Å². The van der Waals surface area contributed by atoms with E-state index in [1.54, 1.807) is 6.92 Å². The second-order valence-corrected chi connectivity index (χ2v) is 4.48. The van der Waals surface area contributed by atoms with Gasteiger partial charge in [0.2, 0.25) is 0 Å². The van der Waals surface area contributed by atoms with E-state index in [0.29, 0.717) is 6.42 Å². The number of methoxy groups -OCH3 is 1. The number of hydrogen-bond donors (Lipinski definition) is 0. The fourth-order valence-corrected chi connectivity index (χ4v) is 2.40. The third-order valence-corrected chi connectivity index (χ3v) is 3.54. The first-order valence-corrected chi connectivity index (χ1v) is 5.21. The number of carbonyl (C=O) groups excluding carboxylic acids is 2. The van der Waals surface area contributed by atoms with Gasteiger partial charge in [0.1, 0.15) is 11.7 Å². The molecule has 0 amide bonds. The lowest BCUT2D eigenvalue weighted by Gasteiger charge is -2.17. The molecule has 2 atom stereocenters. The summed E-state index contributed by atoms with van der Waals surface area (Å²) < 4.78 is 4.83. The van der Waals surface area contributed by atoms with Gasteiger partial charge in [-0.3, -0.25) is 4.79 Å². The minimum atomic E-state index is -0.773. The number of benzene rings is 1. The Bertz CT molecular complexity index is 426. The lowest BCUT2D eigenvalue weighted by atomic mass is 9.88. The first-order chi connectivity index (χ1) is 7.60. The van der Waals surface area contributed by atoms with Crippen LogP contribution in [0.2, 0.25) is 0 Å². The van der Waals surface area contributed by atoms with E-state index in [-0.39, 0.29) is 5.97 Å². The van der Waals surface area contributed by atoms with Gasteiger partial charge in [-0.25, -0.2) is 0 Å². The maximum absolute atomic E-state index is 11.9. The minimum absolute atomic E-state index is 0.326. The highest BCUT2D eigenvalue weighted by Gasteiger charge is 2.71. The summed E-state index contributed by atoms with van der Waals surface area (Å²) in [6.45, 7) is 1.80.